The van der Waals surface area contributed by atoms with Crippen molar-refractivity contribution >= 4 is 11.1 Å². The fourth-order valence-electron chi connectivity index (χ4n) is 0.640. The Morgan fingerprint density at radius 2 is 2.00 bits per heavy atom. The molecule has 1 N–H and O–H groups in total. The van der Waals surface area contributed by atoms with Gasteiger partial charge in [-0.2, -0.15) is 0 Å². The van der Waals surface area contributed by atoms with Gasteiger partial charge in [0.15, 0.2) is 11.1 Å². The summed E-state index contributed by atoms with van der Waals surface area (Å²) in [6.07, 6.45) is 0. The van der Waals surface area contributed by atoms with Crippen molar-refractivity contribution in [3.05, 3.63) is 20.9 Å². The molecule has 0 saturated heterocycles. The Bertz CT molecular complexity index is 280. The van der Waals surface area contributed by atoms with Crippen LogP contribution in [-0.4, -0.2) is 26.6 Å². The average molecular weight is 204 g/mol. The third-order valence-corrected chi connectivity index (χ3v) is 1.93. The third-order valence-electron chi connectivity index (χ3n) is 1.30. The van der Waals surface area contributed by atoms with E-state index in [0.29, 0.717) is 0 Å². The van der Waals surface area contributed by atoms with Crippen LogP contribution in [0.15, 0.2) is 10.2 Å². The number of hydrogen-bond donors (Lipinski definition) is 1. The van der Waals surface area contributed by atoms with Gasteiger partial charge >= 0.3 is 0 Å². The van der Waals surface area contributed by atoms with Crippen molar-refractivity contribution in [1.29, 1.82) is 0 Å². The zero-order valence-corrected chi connectivity index (χ0v) is 7.63. The van der Waals surface area contributed by atoms with Crippen LogP contribution in [0.1, 0.15) is 6.92 Å². The molecule has 3 unspecified atom stereocenters. The number of rotatable bonds is 5. The highest BCUT2D eigenvalue weighted by Crippen LogP contribution is 2.05. The van der Waals surface area contributed by atoms with Crippen LogP contribution in [0, 0.1) is 0 Å². The largest absolute Gasteiger partial charge is 0.306 e. The number of hydrogen-bond acceptors (Lipinski definition) is 3. The first-order valence-corrected chi connectivity index (χ1v) is 4.55. The zero-order chi connectivity index (χ0) is 10.3. The Morgan fingerprint density at radius 1 is 1.46 bits per heavy atom. The molecule has 0 radical (unpaired) electrons. The Morgan fingerprint density at radius 3 is 2.38 bits per heavy atom. The Labute approximate surface area is 76.5 Å². The quantitative estimate of drug-likeness (QED) is 0.315. The van der Waals surface area contributed by atoms with Gasteiger partial charge in [-0.1, -0.05) is 17.2 Å². The van der Waals surface area contributed by atoms with E-state index in [9.17, 15) is 4.21 Å². The summed E-state index contributed by atoms with van der Waals surface area (Å²) in [5, 5.41) is 6.51. The summed E-state index contributed by atoms with van der Waals surface area (Å²) in [5.74, 6) is -0.232. The summed E-state index contributed by atoms with van der Waals surface area (Å²) in [5.41, 5.74) is 16.2. The molecule has 0 aliphatic carbocycles. The highest BCUT2D eigenvalue weighted by Gasteiger charge is 2.16. The SMILES string of the molecule is CC(N=[N+]=[N-])C(CS(=O)O)N=[N+]=[N-]. The molecule has 0 spiro atoms. The molecule has 0 fully saturated rings. The van der Waals surface area contributed by atoms with Crippen LogP contribution in [0.25, 0.3) is 20.9 Å². The molecule has 0 aromatic rings. The van der Waals surface area contributed by atoms with Crippen LogP contribution in [0.3, 0.4) is 0 Å². The first-order chi connectivity index (χ1) is 6.11. The van der Waals surface area contributed by atoms with Gasteiger partial charge in [-0.05, 0) is 11.1 Å². The molecule has 0 amide bonds. The van der Waals surface area contributed by atoms with Gasteiger partial charge in [0.2, 0.25) is 0 Å². The minimum Gasteiger partial charge on any atom is -0.306 e. The van der Waals surface area contributed by atoms with Gasteiger partial charge in [0.05, 0.1) is 11.8 Å². The highest BCUT2D eigenvalue weighted by atomic mass is 32.2. The van der Waals surface area contributed by atoms with Gasteiger partial charge in [-0.25, -0.2) is 4.21 Å². The number of azide groups is 2. The molecular formula is C4H8N6O2S. The Hall–Kier alpha value is -1.27. The first kappa shape index (κ1) is 11.7. The molecular weight excluding hydrogens is 196 g/mol. The van der Waals surface area contributed by atoms with Gasteiger partial charge in [-0.15, -0.1) is 0 Å². The van der Waals surface area contributed by atoms with Crippen LogP contribution < -0.4 is 0 Å². The van der Waals surface area contributed by atoms with Gasteiger partial charge in [0, 0.05) is 15.9 Å². The van der Waals surface area contributed by atoms with Gasteiger partial charge < -0.3 is 4.55 Å². The van der Waals surface area contributed by atoms with Gasteiger partial charge in [0.1, 0.15) is 0 Å². The van der Waals surface area contributed by atoms with Crippen molar-refractivity contribution in [2.75, 3.05) is 5.75 Å². The first-order valence-electron chi connectivity index (χ1n) is 3.27. The van der Waals surface area contributed by atoms with Crippen molar-refractivity contribution in [2.45, 2.75) is 19.0 Å². The van der Waals surface area contributed by atoms with Crippen LogP contribution in [0.4, 0.5) is 0 Å². The molecule has 0 bridgehead atoms. The molecule has 0 aromatic heterocycles. The minimum absolute atomic E-state index is 0.232. The lowest BCUT2D eigenvalue weighted by molar-refractivity contribution is 0.537. The molecule has 0 aliphatic heterocycles. The standard InChI is InChI=1S/C4H8N6O2S/c1-3(7-9-5)4(8-10-6)2-13(11)12/h3-4H,2H2,1H3,(H,11,12). The molecule has 72 valence electrons. The topological polar surface area (TPSA) is 135 Å². The van der Waals surface area contributed by atoms with E-state index in [4.69, 9.17) is 15.6 Å². The maximum absolute atomic E-state index is 10.4. The summed E-state index contributed by atoms with van der Waals surface area (Å²) in [6.45, 7) is 1.51. The molecule has 0 aliphatic rings. The van der Waals surface area contributed by atoms with Crippen LogP contribution in [-0.2, 0) is 11.1 Å². The van der Waals surface area contributed by atoms with E-state index in [1.807, 2.05) is 0 Å². The van der Waals surface area contributed by atoms with Crippen molar-refractivity contribution in [3.63, 3.8) is 0 Å². The smallest absolute Gasteiger partial charge is 0.153 e. The molecule has 13 heavy (non-hydrogen) atoms. The van der Waals surface area contributed by atoms with Crippen molar-refractivity contribution in [2.24, 2.45) is 10.2 Å². The normalized spacial score (nSPS) is 16.2. The van der Waals surface area contributed by atoms with Crippen LogP contribution >= 0.6 is 0 Å². The van der Waals surface area contributed by atoms with E-state index in [1.54, 1.807) is 0 Å². The minimum atomic E-state index is -2.07. The number of nitrogens with zero attached hydrogens (tertiary/aromatic N) is 6. The van der Waals surface area contributed by atoms with Crippen molar-refractivity contribution in [3.8, 4) is 0 Å². The van der Waals surface area contributed by atoms with Crippen LogP contribution in [0.2, 0.25) is 0 Å². The second-order valence-corrected chi connectivity index (χ2v) is 3.18. The average Bonchev–Trinajstić information content (AvgIpc) is 2.03. The summed E-state index contributed by atoms with van der Waals surface area (Å²) in [6, 6.07) is -1.41. The Kier molecular flexibility index (Phi) is 5.66. The van der Waals surface area contributed by atoms with E-state index >= 15 is 0 Å². The third kappa shape index (κ3) is 5.05. The molecule has 8 nitrogen and oxygen atoms in total. The summed E-state index contributed by atoms with van der Waals surface area (Å²) in [4.78, 5) is 5.00. The fraction of sp³-hybridized carbons (Fsp3) is 1.00. The second kappa shape index (κ2) is 6.27. The van der Waals surface area contributed by atoms with E-state index < -0.39 is 23.2 Å². The second-order valence-electron chi connectivity index (χ2n) is 2.21. The molecule has 9 heteroatoms. The van der Waals surface area contributed by atoms with E-state index in [0.717, 1.165) is 0 Å². The van der Waals surface area contributed by atoms with Crippen molar-refractivity contribution in [1.82, 2.24) is 0 Å². The molecule has 0 rings (SSSR count). The predicted molar refractivity (Wildman–Crippen MR) is 47.2 cm³/mol. The summed E-state index contributed by atoms with van der Waals surface area (Å²) >= 11 is -2.07. The summed E-state index contributed by atoms with van der Waals surface area (Å²) < 4.78 is 18.9. The lowest BCUT2D eigenvalue weighted by Gasteiger charge is -2.11. The summed E-state index contributed by atoms with van der Waals surface area (Å²) in [7, 11) is 0. The van der Waals surface area contributed by atoms with E-state index in [-0.39, 0.29) is 5.75 Å². The van der Waals surface area contributed by atoms with E-state index in [1.165, 1.54) is 6.92 Å². The molecule has 3 atom stereocenters. The molecule has 0 heterocycles. The lowest BCUT2D eigenvalue weighted by Crippen LogP contribution is -2.24. The molecule has 0 saturated carbocycles. The monoisotopic (exact) mass is 204 g/mol. The van der Waals surface area contributed by atoms with Crippen molar-refractivity contribution < 1.29 is 8.76 Å². The zero-order valence-electron chi connectivity index (χ0n) is 6.81. The maximum Gasteiger partial charge on any atom is 0.153 e. The Balaban J connectivity index is 4.48. The van der Waals surface area contributed by atoms with Gasteiger partial charge in [-0.3, -0.25) is 0 Å². The van der Waals surface area contributed by atoms with Crippen LogP contribution in [0.5, 0.6) is 0 Å². The molecule has 0 aromatic carbocycles. The maximum atomic E-state index is 10.4. The highest BCUT2D eigenvalue weighted by molar-refractivity contribution is 7.79. The lowest BCUT2D eigenvalue weighted by atomic mass is 10.2. The fourth-order valence-corrected chi connectivity index (χ4v) is 1.28. The van der Waals surface area contributed by atoms with Gasteiger partial charge in [0.25, 0.3) is 0 Å². The predicted octanol–water partition coefficient (Wildman–Crippen LogP) is 1.59. The van der Waals surface area contributed by atoms with E-state index in [2.05, 4.69) is 20.1 Å².